The van der Waals surface area contributed by atoms with Crippen LogP contribution in [0.3, 0.4) is 0 Å². The third-order valence-electron chi connectivity index (χ3n) is 0.394. The molecular weight excluding hydrogens is 130 g/mol. The van der Waals surface area contributed by atoms with Gasteiger partial charge in [0.05, 0.1) is 7.11 Å². The summed E-state index contributed by atoms with van der Waals surface area (Å²) in [6.07, 6.45) is -1.21. The standard InChI is InChI=1S/C3H5NO3S/c1-7-3(8)4-2(5)6/h1H3,(H,4,8)(H,5,6). The molecule has 1 amide bonds. The fourth-order valence-corrected chi connectivity index (χ4v) is 0.226. The number of nitrogens with one attached hydrogen (secondary N) is 1. The number of hydrogen-bond acceptors (Lipinski definition) is 3. The molecule has 0 unspecified atom stereocenters. The van der Waals surface area contributed by atoms with Crippen molar-refractivity contribution in [1.29, 1.82) is 0 Å². The monoisotopic (exact) mass is 135 g/mol. The van der Waals surface area contributed by atoms with Crippen LogP contribution in [-0.4, -0.2) is 23.5 Å². The van der Waals surface area contributed by atoms with E-state index in [0.717, 1.165) is 0 Å². The highest BCUT2D eigenvalue weighted by Gasteiger charge is 1.96. The van der Waals surface area contributed by atoms with E-state index < -0.39 is 6.09 Å². The fourth-order valence-electron chi connectivity index (χ4n) is 0.138. The molecule has 0 saturated carbocycles. The number of carboxylic acid groups (broad SMARTS) is 1. The number of carbonyl (C=O) groups is 1. The first-order valence-corrected chi connectivity index (χ1v) is 2.15. The van der Waals surface area contributed by atoms with Crippen LogP contribution >= 0.6 is 12.2 Å². The summed E-state index contributed by atoms with van der Waals surface area (Å²) >= 11 is 4.32. The molecule has 0 aliphatic carbocycles. The van der Waals surface area contributed by atoms with E-state index >= 15 is 0 Å². The quantitative estimate of drug-likeness (QED) is 0.465. The first-order valence-electron chi connectivity index (χ1n) is 1.74. The van der Waals surface area contributed by atoms with Crippen molar-refractivity contribution < 1.29 is 14.6 Å². The number of rotatable bonds is 0. The lowest BCUT2D eigenvalue weighted by Gasteiger charge is -1.97. The second-order valence-corrected chi connectivity index (χ2v) is 1.29. The molecule has 8 heavy (non-hydrogen) atoms. The molecule has 0 atom stereocenters. The van der Waals surface area contributed by atoms with E-state index in [2.05, 4.69) is 17.0 Å². The predicted octanol–water partition coefficient (Wildman–Crippen LogP) is 0.185. The van der Waals surface area contributed by atoms with Crippen molar-refractivity contribution in [3.8, 4) is 0 Å². The van der Waals surface area contributed by atoms with Crippen LogP contribution in [0.1, 0.15) is 0 Å². The van der Waals surface area contributed by atoms with Gasteiger partial charge in [-0.25, -0.2) is 4.79 Å². The van der Waals surface area contributed by atoms with E-state index in [0.29, 0.717) is 0 Å². The van der Waals surface area contributed by atoms with Gasteiger partial charge in [0.2, 0.25) is 0 Å². The Morgan fingerprint density at radius 3 is 2.50 bits per heavy atom. The third kappa shape index (κ3) is 3.35. The third-order valence-corrected chi connectivity index (χ3v) is 0.663. The van der Waals surface area contributed by atoms with E-state index in [1.165, 1.54) is 7.11 Å². The summed E-state index contributed by atoms with van der Waals surface area (Å²) in [7, 11) is 1.29. The maximum absolute atomic E-state index is 9.69. The molecule has 0 radical (unpaired) electrons. The molecule has 0 aromatic carbocycles. The minimum absolute atomic E-state index is 0.141. The number of hydrogen-bond donors (Lipinski definition) is 2. The minimum atomic E-state index is -1.21. The van der Waals surface area contributed by atoms with E-state index in [1.54, 1.807) is 0 Å². The lowest BCUT2D eigenvalue weighted by molar-refractivity contribution is 0.197. The minimum Gasteiger partial charge on any atom is -0.474 e. The Morgan fingerprint density at radius 1 is 1.88 bits per heavy atom. The molecule has 2 N–H and O–H groups in total. The lowest BCUT2D eigenvalue weighted by Crippen LogP contribution is -2.27. The van der Waals surface area contributed by atoms with Crippen LogP contribution < -0.4 is 5.32 Å². The molecule has 0 aliphatic rings. The van der Waals surface area contributed by atoms with Gasteiger partial charge in [-0.15, -0.1) is 0 Å². The van der Waals surface area contributed by atoms with Gasteiger partial charge < -0.3 is 9.84 Å². The SMILES string of the molecule is COC(=S)NC(=O)O. The zero-order valence-corrected chi connectivity index (χ0v) is 4.99. The lowest BCUT2D eigenvalue weighted by atomic mass is 11.0. The van der Waals surface area contributed by atoms with Crippen molar-refractivity contribution >= 4 is 23.5 Å². The van der Waals surface area contributed by atoms with Crippen molar-refractivity contribution in [3.05, 3.63) is 0 Å². The second-order valence-electron chi connectivity index (χ2n) is 0.922. The summed E-state index contributed by atoms with van der Waals surface area (Å²) in [6, 6.07) is 0. The van der Waals surface area contributed by atoms with Gasteiger partial charge in [-0.1, -0.05) is 0 Å². The van der Waals surface area contributed by atoms with E-state index in [-0.39, 0.29) is 5.17 Å². The summed E-state index contributed by atoms with van der Waals surface area (Å²) in [5.41, 5.74) is 0. The summed E-state index contributed by atoms with van der Waals surface area (Å²) in [5.74, 6) is 0. The Morgan fingerprint density at radius 2 is 2.38 bits per heavy atom. The molecule has 0 rings (SSSR count). The first-order chi connectivity index (χ1) is 3.66. The molecular formula is C3H5NO3S. The van der Waals surface area contributed by atoms with Crippen LogP contribution in [-0.2, 0) is 4.74 Å². The number of methoxy groups -OCH3 is 1. The maximum Gasteiger partial charge on any atom is 0.412 e. The zero-order chi connectivity index (χ0) is 6.57. The highest BCUT2D eigenvalue weighted by atomic mass is 32.1. The maximum atomic E-state index is 9.69. The predicted molar refractivity (Wildman–Crippen MR) is 30.8 cm³/mol. The highest BCUT2D eigenvalue weighted by Crippen LogP contribution is 1.70. The molecule has 0 aromatic heterocycles. The van der Waals surface area contributed by atoms with E-state index in [9.17, 15) is 4.79 Å². The number of thiocarbonyl (C=S) groups is 1. The second kappa shape index (κ2) is 3.20. The van der Waals surface area contributed by atoms with Crippen LogP contribution in [0.4, 0.5) is 4.79 Å². The Labute approximate surface area is 51.4 Å². The molecule has 5 heteroatoms. The summed E-state index contributed by atoms with van der Waals surface area (Å²) < 4.78 is 4.30. The van der Waals surface area contributed by atoms with Gasteiger partial charge in [0.15, 0.2) is 0 Å². The van der Waals surface area contributed by atoms with Gasteiger partial charge in [-0.3, -0.25) is 5.32 Å². The van der Waals surface area contributed by atoms with Crippen LogP contribution in [0.5, 0.6) is 0 Å². The molecule has 4 nitrogen and oxygen atoms in total. The smallest absolute Gasteiger partial charge is 0.412 e. The topological polar surface area (TPSA) is 58.6 Å². The number of ether oxygens (including phenoxy) is 1. The highest BCUT2D eigenvalue weighted by molar-refractivity contribution is 7.80. The fraction of sp³-hybridized carbons (Fsp3) is 0.333. The summed E-state index contributed by atoms with van der Waals surface area (Å²) in [5, 5.41) is 9.61. The Balaban J connectivity index is 3.40. The Bertz CT molecular complexity index is 113. The van der Waals surface area contributed by atoms with Gasteiger partial charge in [0.1, 0.15) is 0 Å². The van der Waals surface area contributed by atoms with Crippen molar-refractivity contribution in [2.24, 2.45) is 0 Å². The Hall–Kier alpha value is -0.840. The molecule has 0 aromatic rings. The van der Waals surface area contributed by atoms with Crippen LogP contribution in [0.25, 0.3) is 0 Å². The molecule has 0 fully saturated rings. The molecule has 0 saturated heterocycles. The van der Waals surface area contributed by atoms with Crippen LogP contribution in [0.15, 0.2) is 0 Å². The van der Waals surface area contributed by atoms with Crippen LogP contribution in [0.2, 0.25) is 0 Å². The molecule has 0 aliphatic heterocycles. The van der Waals surface area contributed by atoms with Gasteiger partial charge in [0.25, 0.3) is 5.17 Å². The van der Waals surface area contributed by atoms with Crippen molar-refractivity contribution in [2.45, 2.75) is 0 Å². The van der Waals surface area contributed by atoms with Crippen molar-refractivity contribution in [2.75, 3.05) is 7.11 Å². The molecule has 0 spiro atoms. The zero-order valence-electron chi connectivity index (χ0n) is 4.17. The number of amides is 1. The van der Waals surface area contributed by atoms with E-state index in [1.807, 2.05) is 5.32 Å². The summed E-state index contributed by atoms with van der Waals surface area (Å²) in [6.45, 7) is 0. The Kier molecular flexibility index (Phi) is 2.86. The molecule has 0 heterocycles. The molecule has 46 valence electrons. The van der Waals surface area contributed by atoms with Gasteiger partial charge in [0, 0.05) is 0 Å². The van der Waals surface area contributed by atoms with Gasteiger partial charge in [-0.05, 0) is 12.2 Å². The van der Waals surface area contributed by atoms with E-state index in [4.69, 9.17) is 5.11 Å². The average molecular weight is 135 g/mol. The van der Waals surface area contributed by atoms with Crippen molar-refractivity contribution in [3.63, 3.8) is 0 Å². The average Bonchev–Trinajstić information content (AvgIpc) is 1.65. The normalized spacial score (nSPS) is 7.62. The summed E-state index contributed by atoms with van der Waals surface area (Å²) in [4.78, 5) is 9.69. The van der Waals surface area contributed by atoms with Gasteiger partial charge in [-0.2, -0.15) is 0 Å². The first kappa shape index (κ1) is 7.16. The van der Waals surface area contributed by atoms with Crippen molar-refractivity contribution in [1.82, 2.24) is 5.32 Å². The molecule has 0 bridgehead atoms. The van der Waals surface area contributed by atoms with Crippen LogP contribution in [0, 0.1) is 0 Å². The van der Waals surface area contributed by atoms with Gasteiger partial charge >= 0.3 is 6.09 Å². The largest absolute Gasteiger partial charge is 0.474 e.